The van der Waals surface area contributed by atoms with Gasteiger partial charge in [-0.15, -0.1) is 0 Å². The van der Waals surface area contributed by atoms with Crippen LogP contribution in [0.2, 0.25) is 0 Å². The lowest BCUT2D eigenvalue weighted by Crippen LogP contribution is -2.11. The quantitative estimate of drug-likeness (QED) is 0.707. The molecule has 0 amide bonds. The summed E-state index contributed by atoms with van der Waals surface area (Å²) < 4.78 is 5.27. The maximum absolute atomic E-state index is 11.6. The normalized spacial score (nSPS) is 16.5. The molecule has 1 aromatic rings. The van der Waals surface area contributed by atoms with Crippen molar-refractivity contribution in [3.8, 4) is 0 Å². The molecule has 1 saturated carbocycles. The minimum absolute atomic E-state index is 0.192. The van der Waals surface area contributed by atoms with Crippen molar-refractivity contribution in [3.63, 3.8) is 0 Å². The Bertz CT molecular complexity index is 313. The van der Waals surface area contributed by atoms with Gasteiger partial charge in [0.05, 0.1) is 12.2 Å². The maximum atomic E-state index is 11.6. The molecule has 1 aromatic carbocycles. The molecule has 0 unspecified atom stereocenters. The highest BCUT2D eigenvalue weighted by Crippen LogP contribution is 2.24. The van der Waals surface area contributed by atoms with Crippen LogP contribution in [-0.2, 0) is 4.74 Å². The van der Waals surface area contributed by atoms with Gasteiger partial charge in [0.2, 0.25) is 0 Å². The standard InChI is InChI=1S/C13H16O2/c14-13(12-8-2-1-3-9-12)15-10-11-6-4-5-7-11/h1-3,8-9,11H,4-7,10H2. The van der Waals surface area contributed by atoms with Gasteiger partial charge >= 0.3 is 5.97 Å². The summed E-state index contributed by atoms with van der Waals surface area (Å²) in [4.78, 5) is 11.6. The maximum Gasteiger partial charge on any atom is 0.338 e. The number of carbonyl (C=O) groups is 1. The lowest BCUT2D eigenvalue weighted by Gasteiger charge is -2.09. The van der Waals surface area contributed by atoms with Crippen molar-refractivity contribution in [2.45, 2.75) is 25.7 Å². The Labute approximate surface area is 90.3 Å². The van der Waals surface area contributed by atoms with E-state index in [9.17, 15) is 4.79 Å². The summed E-state index contributed by atoms with van der Waals surface area (Å²) in [5, 5.41) is 0. The largest absolute Gasteiger partial charge is 0.462 e. The Morgan fingerprint density at radius 1 is 1.20 bits per heavy atom. The molecule has 1 aliphatic rings. The molecule has 0 bridgehead atoms. The van der Waals surface area contributed by atoms with Gasteiger partial charge in [0, 0.05) is 0 Å². The van der Waals surface area contributed by atoms with Crippen LogP contribution in [0.25, 0.3) is 0 Å². The minimum Gasteiger partial charge on any atom is -0.462 e. The monoisotopic (exact) mass is 204 g/mol. The number of carbonyl (C=O) groups excluding carboxylic acids is 1. The van der Waals surface area contributed by atoms with Crippen LogP contribution in [0.3, 0.4) is 0 Å². The summed E-state index contributed by atoms with van der Waals surface area (Å²) >= 11 is 0. The van der Waals surface area contributed by atoms with E-state index in [0.29, 0.717) is 18.1 Å². The molecule has 2 heteroatoms. The topological polar surface area (TPSA) is 26.3 Å². The molecule has 0 atom stereocenters. The predicted octanol–water partition coefficient (Wildman–Crippen LogP) is 3.03. The van der Waals surface area contributed by atoms with Gasteiger partial charge in [-0.25, -0.2) is 4.79 Å². The highest BCUT2D eigenvalue weighted by Gasteiger charge is 2.17. The van der Waals surface area contributed by atoms with Crippen LogP contribution >= 0.6 is 0 Å². The zero-order valence-electron chi connectivity index (χ0n) is 8.82. The van der Waals surface area contributed by atoms with Crippen LogP contribution in [0.5, 0.6) is 0 Å². The van der Waals surface area contributed by atoms with Crippen LogP contribution in [0.1, 0.15) is 36.0 Å². The molecule has 2 nitrogen and oxygen atoms in total. The average Bonchev–Trinajstić information content (AvgIpc) is 2.80. The molecule has 80 valence electrons. The molecule has 15 heavy (non-hydrogen) atoms. The highest BCUT2D eigenvalue weighted by molar-refractivity contribution is 5.89. The van der Waals surface area contributed by atoms with Gasteiger partial charge in [-0.1, -0.05) is 31.0 Å². The Morgan fingerprint density at radius 3 is 2.53 bits per heavy atom. The molecular formula is C13H16O2. The fourth-order valence-electron chi connectivity index (χ4n) is 2.03. The van der Waals surface area contributed by atoms with E-state index in [0.717, 1.165) is 0 Å². The van der Waals surface area contributed by atoms with Gasteiger partial charge < -0.3 is 4.74 Å². The molecule has 0 aliphatic heterocycles. The van der Waals surface area contributed by atoms with Gasteiger partial charge in [0.25, 0.3) is 0 Å². The molecule has 1 fully saturated rings. The van der Waals surface area contributed by atoms with Gasteiger partial charge in [0.1, 0.15) is 0 Å². The third kappa shape index (κ3) is 2.82. The fraction of sp³-hybridized carbons (Fsp3) is 0.462. The lowest BCUT2D eigenvalue weighted by atomic mass is 10.1. The van der Waals surface area contributed by atoms with Crippen LogP contribution in [0.4, 0.5) is 0 Å². The summed E-state index contributed by atoms with van der Waals surface area (Å²) in [6.07, 6.45) is 4.99. The van der Waals surface area contributed by atoms with Crippen molar-refractivity contribution in [3.05, 3.63) is 35.9 Å². The van der Waals surface area contributed by atoms with Gasteiger partial charge in [-0.3, -0.25) is 0 Å². The van der Waals surface area contributed by atoms with Crippen LogP contribution in [0, 0.1) is 5.92 Å². The molecule has 0 saturated heterocycles. The Hall–Kier alpha value is -1.31. The van der Waals surface area contributed by atoms with Crippen molar-refractivity contribution in [1.82, 2.24) is 0 Å². The second-order valence-electron chi connectivity index (χ2n) is 4.11. The van der Waals surface area contributed by atoms with E-state index < -0.39 is 0 Å². The van der Waals surface area contributed by atoms with E-state index in [2.05, 4.69) is 0 Å². The molecule has 0 radical (unpaired) electrons. The number of rotatable bonds is 3. The number of hydrogen-bond acceptors (Lipinski definition) is 2. The van der Waals surface area contributed by atoms with E-state index in [1.165, 1.54) is 25.7 Å². The molecule has 0 aromatic heterocycles. The zero-order valence-corrected chi connectivity index (χ0v) is 8.82. The first-order chi connectivity index (χ1) is 7.36. The SMILES string of the molecule is O=C(OCC1CCCC1)c1ccccc1. The molecule has 0 heterocycles. The summed E-state index contributed by atoms with van der Waals surface area (Å²) in [6.45, 7) is 0.591. The van der Waals surface area contributed by atoms with Gasteiger partial charge in [0.15, 0.2) is 0 Å². The second-order valence-corrected chi connectivity index (χ2v) is 4.11. The summed E-state index contributed by atoms with van der Waals surface area (Å²) in [7, 11) is 0. The number of ether oxygens (including phenoxy) is 1. The van der Waals surface area contributed by atoms with Gasteiger partial charge in [-0.05, 0) is 30.9 Å². The first-order valence-electron chi connectivity index (χ1n) is 5.58. The fourth-order valence-corrected chi connectivity index (χ4v) is 2.03. The highest BCUT2D eigenvalue weighted by atomic mass is 16.5. The predicted molar refractivity (Wildman–Crippen MR) is 58.7 cm³/mol. The summed E-state index contributed by atoms with van der Waals surface area (Å²) in [6, 6.07) is 9.18. The zero-order chi connectivity index (χ0) is 10.5. The number of hydrogen-bond donors (Lipinski definition) is 0. The lowest BCUT2D eigenvalue weighted by molar-refractivity contribution is 0.0442. The van der Waals surface area contributed by atoms with E-state index in [4.69, 9.17) is 4.74 Å². The molecule has 1 aliphatic carbocycles. The Balaban J connectivity index is 1.82. The van der Waals surface area contributed by atoms with Crippen LogP contribution in [-0.4, -0.2) is 12.6 Å². The molecular weight excluding hydrogens is 188 g/mol. The van der Waals surface area contributed by atoms with Crippen LogP contribution in [0.15, 0.2) is 30.3 Å². The molecule has 0 spiro atoms. The number of benzene rings is 1. The van der Waals surface area contributed by atoms with Crippen molar-refractivity contribution >= 4 is 5.97 Å². The summed E-state index contributed by atoms with van der Waals surface area (Å²) in [5.74, 6) is 0.403. The summed E-state index contributed by atoms with van der Waals surface area (Å²) in [5.41, 5.74) is 0.649. The van der Waals surface area contributed by atoms with Gasteiger partial charge in [-0.2, -0.15) is 0 Å². The third-order valence-electron chi connectivity index (χ3n) is 2.93. The third-order valence-corrected chi connectivity index (χ3v) is 2.93. The van der Waals surface area contributed by atoms with E-state index in [-0.39, 0.29) is 5.97 Å². The van der Waals surface area contributed by atoms with E-state index >= 15 is 0 Å². The van der Waals surface area contributed by atoms with Crippen molar-refractivity contribution in [2.24, 2.45) is 5.92 Å². The number of esters is 1. The molecule has 0 N–H and O–H groups in total. The van der Waals surface area contributed by atoms with E-state index in [1.54, 1.807) is 12.1 Å². The Morgan fingerprint density at radius 2 is 1.87 bits per heavy atom. The van der Waals surface area contributed by atoms with Crippen LogP contribution < -0.4 is 0 Å². The van der Waals surface area contributed by atoms with Crippen molar-refractivity contribution in [2.75, 3.05) is 6.61 Å². The second kappa shape index (κ2) is 4.96. The smallest absolute Gasteiger partial charge is 0.338 e. The Kier molecular flexibility index (Phi) is 3.38. The first kappa shape index (κ1) is 10.2. The van der Waals surface area contributed by atoms with Crippen molar-refractivity contribution < 1.29 is 9.53 Å². The molecule has 2 rings (SSSR count). The minimum atomic E-state index is -0.192. The van der Waals surface area contributed by atoms with E-state index in [1.807, 2.05) is 18.2 Å². The average molecular weight is 204 g/mol. The van der Waals surface area contributed by atoms with Crippen molar-refractivity contribution in [1.29, 1.82) is 0 Å². The first-order valence-corrected chi connectivity index (χ1v) is 5.58.